The van der Waals surface area contributed by atoms with E-state index in [9.17, 15) is 0 Å². The summed E-state index contributed by atoms with van der Waals surface area (Å²) in [6.45, 7) is 4.40. The lowest BCUT2D eigenvalue weighted by Crippen LogP contribution is -2.12. The second-order valence-electron chi connectivity index (χ2n) is 8.84. The second kappa shape index (κ2) is 9.51. The highest BCUT2D eigenvalue weighted by atomic mass is 16.5. The smallest absolute Gasteiger partial charge is 0.119 e. The Morgan fingerprint density at radius 2 is 1.33 bits per heavy atom. The topological polar surface area (TPSA) is 9.23 Å². The van der Waals surface area contributed by atoms with Gasteiger partial charge < -0.3 is 4.74 Å². The molecule has 0 atom stereocenters. The minimum absolute atomic E-state index is 0.701. The fraction of sp³-hybridized carbons (Fsp3) is 0.379. The van der Waals surface area contributed by atoms with Crippen LogP contribution in [-0.4, -0.2) is 7.11 Å². The van der Waals surface area contributed by atoms with Gasteiger partial charge in [-0.1, -0.05) is 67.9 Å². The summed E-state index contributed by atoms with van der Waals surface area (Å²) in [6, 6.07) is 25.0. The summed E-state index contributed by atoms with van der Waals surface area (Å²) in [6.07, 6.45) is 7.61. The fourth-order valence-electron chi connectivity index (χ4n) is 5.03. The number of ether oxygens (including phenoxy) is 1. The van der Waals surface area contributed by atoms with Gasteiger partial charge in [-0.2, -0.15) is 0 Å². The molecule has 1 aliphatic carbocycles. The Hall–Kier alpha value is -2.54. The monoisotopic (exact) mass is 398 g/mol. The van der Waals surface area contributed by atoms with Gasteiger partial charge in [0, 0.05) is 0 Å². The molecule has 0 aromatic heterocycles. The molecule has 0 spiro atoms. The Morgan fingerprint density at radius 1 is 0.767 bits per heavy atom. The van der Waals surface area contributed by atoms with E-state index in [2.05, 4.69) is 74.5 Å². The average molecular weight is 399 g/mol. The Bertz CT molecular complexity index is 945. The molecule has 30 heavy (non-hydrogen) atoms. The third kappa shape index (κ3) is 4.61. The molecule has 0 amide bonds. The number of aryl methyl sites for hydroxylation is 2. The molecule has 0 bridgehead atoms. The first kappa shape index (κ1) is 20.7. The zero-order valence-electron chi connectivity index (χ0n) is 18.7. The van der Waals surface area contributed by atoms with Crippen molar-refractivity contribution < 1.29 is 4.74 Å². The molecule has 1 aliphatic rings. The summed E-state index contributed by atoms with van der Waals surface area (Å²) >= 11 is 0. The lowest BCUT2D eigenvalue weighted by molar-refractivity contribution is 0.396. The molecule has 0 radical (unpaired) electrons. The number of benzene rings is 3. The summed E-state index contributed by atoms with van der Waals surface area (Å²) < 4.78 is 5.34. The van der Waals surface area contributed by atoms with Gasteiger partial charge in [-0.05, 0) is 96.4 Å². The summed E-state index contributed by atoms with van der Waals surface area (Å²) in [5.74, 6) is 2.36. The SMILES string of the molecule is CCCc1ccc(C2CCC(c3ccc(-c4ccc(OC)cc4C)cc3)CC2)cc1. The van der Waals surface area contributed by atoms with E-state index >= 15 is 0 Å². The summed E-state index contributed by atoms with van der Waals surface area (Å²) in [4.78, 5) is 0. The third-order valence-corrected chi connectivity index (χ3v) is 6.84. The van der Waals surface area contributed by atoms with Crippen LogP contribution in [0.1, 0.15) is 73.1 Å². The van der Waals surface area contributed by atoms with Crippen LogP contribution in [-0.2, 0) is 6.42 Å². The fourth-order valence-corrected chi connectivity index (χ4v) is 5.03. The number of methoxy groups -OCH3 is 1. The van der Waals surface area contributed by atoms with Crippen molar-refractivity contribution in [2.75, 3.05) is 7.11 Å². The van der Waals surface area contributed by atoms with Gasteiger partial charge in [-0.3, -0.25) is 0 Å². The van der Waals surface area contributed by atoms with Crippen molar-refractivity contribution in [2.24, 2.45) is 0 Å². The van der Waals surface area contributed by atoms with Gasteiger partial charge in [-0.15, -0.1) is 0 Å². The number of hydrogen-bond acceptors (Lipinski definition) is 1. The molecule has 1 fully saturated rings. The van der Waals surface area contributed by atoms with E-state index < -0.39 is 0 Å². The van der Waals surface area contributed by atoms with Crippen molar-refractivity contribution in [3.05, 3.63) is 89.0 Å². The van der Waals surface area contributed by atoms with Crippen LogP contribution in [0.3, 0.4) is 0 Å². The van der Waals surface area contributed by atoms with E-state index in [-0.39, 0.29) is 0 Å². The predicted octanol–water partition coefficient (Wildman–Crippen LogP) is 8.06. The van der Waals surface area contributed by atoms with Crippen LogP contribution in [0.25, 0.3) is 11.1 Å². The highest BCUT2D eigenvalue weighted by molar-refractivity contribution is 5.68. The van der Waals surface area contributed by atoms with Gasteiger partial charge in [0.15, 0.2) is 0 Å². The minimum atomic E-state index is 0.701. The van der Waals surface area contributed by atoms with E-state index in [1.54, 1.807) is 12.7 Å². The molecule has 4 rings (SSSR count). The number of rotatable bonds is 6. The van der Waals surface area contributed by atoms with Crippen LogP contribution in [0, 0.1) is 6.92 Å². The minimum Gasteiger partial charge on any atom is -0.497 e. The second-order valence-corrected chi connectivity index (χ2v) is 8.84. The van der Waals surface area contributed by atoms with Crippen LogP contribution in [0.15, 0.2) is 66.7 Å². The standard InChI is InChI=1S/C29H34O/c1-4-5-22-6-8-23(9-7-22)24-10-12-25(13-11-24)26-14-16-27(17-15-26)29-19-18-28(30-3)20-21(29)2/h6-9,14-20,24-25H,4-5,10-13H2,1-3H3. The number of hydrogen-bond donors (Lipinski definition) is 0. The van der Waals surface area contributed by atoms with Gasteiger partial charge in [0.1, 0.15) is 5.75 Å². The highest BCUT2D eigenvalue weighted by Crippen LogP contribution is 2.41. The van der Waals surface area contributed by atoms with Crippen molar-refractivity contribution >= 4 is 0 Å². The normalized spacial score (nSPS) is 18.9. The van der Waals surface area contributed by atoms with Crippen molar-refractivity contribution in [3.63, 3.8) is 0 Å². The first-order valence-corrected chi connectivity index (χ1v) is 11.5. The maximum Gasteiger partial charge on any atom is 0.119 e. The largest absolute Gasteiger partial charge is 0.497 e. The van der Waals surface area contributed by atoms with Gasteiger partial charge in [0.25, 0.3) is 0 Å². The molecule has 0 heterocycles. The van der Waals surface area contributed by atoms with Crippen LogP contribution < -0.4 is 4.74 Å². The van der Waals surface area contributed by atoms with E-state index in [0.29, 0.717) is 5.92 Å². The van der Waals surface area contributed by atoms with Gasteiger partial charge in [0.05, 0.1) is 7.11 Å². The summed E-state index contributed by atoms with van der Waals surface area (Å²) in [5.41, 5.74) is 8.35. The van der Waals surface area contributed by atoms with Crippen LogP contribution >= 0.6 is 0 Å². The molecular weight excluding hydrogens is 364 g/mol. The molecule has 1 heteroatoms. The van der Waals surface area contributed by atoms with E-state index in [0.717, 1.165) is 11.7 Å². The van der Waals surface area contributed by atoms with E-state index in [4.69, 9.17) is 4.74 Å². The zero-order valence-corrected chi connectivity index (χ0v) is 18.7. The molecular formula is C29H34O. The van der Waals surface area contributed by atoms with Crippen molar-refractivity contribution in [1.29, 1.82) is 0 Å². The molecule has 0 aliphatic heterocycles. The quantitative estimate of drug-likeness (QED) is 0.408. The van der Waals surface area contributed by atoms with Gasteiger partial charge in [0.2, 0.25) is 0 Å². The lowest BCUT2D eigenvalue weighted by atomic mass is 9.76. The average Bonchev–Trinajstić information content (AvgIpc) is 2.80. The molecule has 3 aromatic carbocycles. The molecule has 0 saturated heterocycles. The van der Waals surface area contributed by atoms with Crippen molar-refractivity contribution in [1.82, 2.24) is 0 Å². The van der Waals surface area contributed by atoms with Crippen LogP contribution in [0.4, 0.5) is 0 Å². The predicted molar refractivity (Wildman–Crippen MR) is 128 cm³/mol. The van der Waals surface area contributed by atoms with Crippen LogP contribution in [0.5, 0.6) is 5.75 Å². The Balaban J connectivity index is 1.39. The van der Waals surface area contributed by atoms with Gasteiger partial charge >= 0.3 is 0 Å². The zero-order chi connectivity index (χ0) is 20.9. The lowest BCUT2D eigenvalue weighted by Gasteiger charge is -2.29. The van der Waals surface area contributed by atoms with E-state index in [1.807, 2.05) is 6.07 Å². The van der Waals surface area contributed by atoms with E-state index in [1.165, 1.54) is 66.3 Å². The van der Waals surface area contributed by atoms with Crippen molar-refractivity contribution in [3.8, 4) is 16.9 Å². The molecule has 0 unspecified atom stereocenters. The summed E-state index contributed by atoms with van der Waals surface area (Å²) in [7, 11) is 1.72. The Labute approximate surface area is 182 Å². The van der Waals surface area contributed by atoms with Crippen molar-refractivity contribution in [2.45, 2.75) is 64.2 Å². The summed E-state index contributed by atoms with van der Waals surface area (Å²) in [5, 5.41) is 0. The Kier molecular flexibility index (Phi) is 6.57. The molecule has 156 valence electrons. The molecule has 3 aromatic rings. The first-order valence-electron chi connectivity index (χ1n) is 11.5. The highest BCUT2D eigenvalue weighted by Gasteiger charge is 2.23. The Morgan fingerprint density at radius 3 is 1.83 bits per heavy atom. The molecule has 1 saturated carbocycles. The molecule has 0 N–H and O–H groups in total. The van der Waals surface area contributed by atoms with Crippen LogP contribution in [0.2, 0.25) is 0 Å². The van der Waals surface area contributed by atoms with Gasteiger partial charge in [-0.25, -0.2) is 0 Å². The first-order chi connectivity index (χ1) is 14.7. The maximum absolute atomic E-state index is 5.34. The maximum atomic E-state index is 5.34. The molecule has 1 nitrogen and oxygen atoms in total. The third-order valence-electron chi connectivity index (χ3n) is 6.84.